The minimum atomic E-state index is 0.558. The molecule has 0 atom stereocenters. The van der Waals surface area contributed by atoms with Crippen LogP contribution in [0.5, 0.6) is 5.75 Å². The Kier molecular flexibility index (Phi) is 3.06. The van der Waals surface area contributed by atoms with Crippen molar-refractivity contribution in [3.63, 3.8) is 0 Å². The zero-order chi connectivity index (χ0) is 14.3. The average molecular weight is 286 g/mol. The Bertz CT molecular complexity index is 802. The molecule has 2 heterocycles. The standard InChI is InChI=1S/C15H14N2O2S/c1-9-6-11(13(19-3)7-10(9)2)14-12(8-18)17-4-5-20-15(17)16-14/h4-8H,1-3H3. The highest BCUT2D eigenvalue weighted by Crippen LogP contribution is 2.34. The number of imidazole rings is 1. The molecule has 4 nitrogen and oxygen atoms in total. The van der Waals surface area contributed by atoms with Crippen LogP contribution in [0.4, 0.5) is 0 Å². The molecule has 0 aliphatic carbocycles. The molecule has 0 radical (unpaired) electrons. The summed E-state index contributed by atoms with van der Waals surface area (Å²) in [5.74, 6) is 0.738. The summed E-state index contributed by atoms with van der Waals surface area (Å²) in [6, 6.07) is 4.00. The van der Waals surface area contributed by atoms with Crippen LogP contribution in [0.3, 0.4) is 0 Å². The van der Waals surface area contributed by atoms with E-state index in [4.69, 9.17) is 4.74 Å². The van der Waals surface area contributed by atoms with Crippen molar-refractivity contribution >= 4 is 22.6 Å². The fraction of sp³-hybridized carbons (Fsp3) is 0.200. The molecule has 2 aromatic heterocycles. The van der Waals surface area contributed by atoms with Crippen molar-refractivity contribution in [2.45, 2.75) is 13.8 Å². The van der Waals surface area contributed by atoms with Gasteiger partial charge in [0.25, 0.3) is 0 Å². The Morgan fingerprint density at radius 2 is 2.05 bits per heavy atom. The largest absolute Gasteiger partial charge is 0.496 e. The van der Waals surface area contributed by atoms with E-state index in [1.54, 1.807) is 7.11 Å². The number of methoxy groups -OCH3 is 1. The van der Waals surface area contributed by atoms with Crippen LogP contribution >= 0.6 is 11.3 Å². The van der Waals surface area contributed by atoms with Crippen LogP contribution < -0.4 is 4.74 Å². The predicted molar refractivity (Wildman–Crippen MR) is 79.9 cm³/mol. The maximum atomic E-state index is 11.4. The first-order valence-corrected chi connectivity index (χ1v) is 7.10. The lowest BCUT2D eigenvalue weighted by Crippen LogP contribution is -1.95. The van der Waals surface area contributed by atoms with Gasteiger partial charge in [0.1, 0.15) is 17.1 Å². The van der Waals surface area contributed by atoms with Crippen molar-refractivity contribution in [2.24, 2.45) is 0 Å². The number of aryl methyl sites for hydroxylation is 2. The Morgan fingerprint density at radius 1 is 1.30 bits per heavy atom. The van der Waals surface area contributed by atoms with Crippen molar-refractivity contribution in [3.05, 3.63) is 40.5 Å². The number of aldehydes is 1. The molecule has 0 spiro atoms. The van der Waals surface area contributed by atoms with Crippen LogP contribution in [-0.4, -0.2) is 22.8 Å². The van der Waals surface area contributed by atoms with E-state index < -0.39 is 0 Å². The van der Waals surface area contributed by atoms with Gasteiger partial charge in [-0.15, -0.1) is 11.3 Å². The van der Waals surface area contributed by atoms with E-state index in [9.17, 15) is 4.79 Å². The molecule has 0 N–H and O–H groups in total. The number of nitrogens with zero attached hydrogens (tertiary/aromatic N) is 2. The van der Waals surface area contributed by atoms with Crippen LogP contribution in [0.2, 0.25) is 0 Å². The van der Waals surface area contributed by atoms with Crippen molar-refractivity contribution < 1.29 is 9.53 Å². The fourth-order valence-electron chi connectivity index (χ4n) is 2.26. The molecule has 102 valence electrons. The Hall–Kier alpha value is -2.14. The van der Waals surface area contributed by atoms with E-state index >= 15 is 0 Å². The number of thiazole rings is 1. The van der Waals surface area contributed by atoms with Gasteiger partial charge in [-0.05, 0) is 37.1 Å². The average Bonchev–Trinajstić information content (AvgIpc) is 3.01. The smallest absolute Gasteiger partial charge is 0.194 e. The number of carbonyl (C=O) groups is 1. The van der Waals surface area contributed by atoms with Gasteiger partial charge in [0.2, 0.25) is 0 Å². The van der Waals surface area contributed by atoms with E-state index in [-0.39, 0.29) is 0 Å². The molecular formula is C15H14N2O2S. The van der Waals surface area contributed by atoms with Gasteiger partial charge in [-0.3, -0.25) is 9.20 Å². The van der Waals surface area contributed by atoms with Crippen LogP contribution in [0, 0.1) is 13.8 Å². The van der Waals surface area contributed by atoms with Gasteiger partial charge >= 0.3 is 0 Å². The monoisotopic (exact) mass is 286 g/mol. The molecule has 5 heteroatoms. The van der Waals surface area contributed by atoms with Gasteiger partial charge in [0, 0.05) is 17.1 Å². The predicted octanol–water partition coefficient (Wildman–Crippen LogP) is 3.50. The Morgan fingerprint density at radius 3 is 2.75 bits per heavy atom. The number of ether oxygens (including phenoxy) is 1. The minimum absolute atomic E-state index is 0.558. The Labute approximate surface area is 120 Å². The lowest BCUT2D eigenvalue weighted by atomic mass is 10.0. The molecule has 0 bridgehead atoms. The molecule has 0 aliphatic heterocycles. The summed E-state index contributed by atoms with van der Waals surface area (Å²) in [5.41, 5.74) is 4.39. The third-order valence-electron chi connectivity index (χ3n) is 3.48. The summed E-state index contributed by atoms with van der Waals surface area (Å²) in [6.45, 7) is 4.07. The number of hydrogen-bond acceptors (Lipinski definition) is 4. The van der Waals surface area contributed by atoms with E-state index in [2.05, 4.69) is 4.98 Å². The first-order chi connectivity index (χ1) is 9.65. The lowest BCUT2D eigenvalue weighted by molar-refractivity contribution is 0.111. The lowest BCUT2D eigenvalue weighted by Gasteiger charge is -2.10. The van der Waals surface area contributed by atoms with Gasteiger partial charge in [0.15, 0.2) is 11.2 Å². The first-order valence-electron chi connectivity index (χ1n) is 6.22. The maximum absolute atomic E-state index is 11.4. The van der Waals surface area contributed by atoms with Crippen molar-refractivity contribution in [1.29, 1.82) is 0 Å². The molecule has 3 aromatic rings. The summed E-state index contributed by atoms with van der Waals surface area (Å²) in [6.07, 6.45) is 2.70. The van der Waals surface area contributed by atoms with E-state index in [1.807, 2.05) is 42.0 Å². The second-order valence-electron chi connectivity index (χ2n) is 4.66. The topological polar surface area (TPSA) is 43.6 Å². The van der Waals surface area contributed by atoms with E-state index in [0.29, 0.717) is 11.4 Å². The molecule has 3 rings (SSSR count). The molecule has 0 saturated heterocycles. The zero-order valence-electron chi connectivity index (χ0n) is 11.5. The number of carbonyl (C=O) groups excluding carboxylic acids is 1. The number of hydrogen-bond donors (Lipinski definition) is 0. The van der Waals surface area contributed by atoms with Gasteiger partial charge in [-0.2, -0.15) is 0 Å². The maximum Gasteiger partial charge on any atom is 0.194 e. The number of aromatic nitrogens is 2. The van der Waals surface area contributed by atoms with Crippen LogP contribution in [-0.2, 0) is 0 Å². The third kappa shape index (κ3) is 1.82. The highest BCUT2D eigenvalue weighted by Gasteiger charge is 2.18. The molecule has 0 fully saturated rings. The SMILES string of the molecule is COc1cc(C)c(C)cc1-c1nc2sccn2c1C=O. The number of fused-ring (bicyclic) bond motifs is 1. The van der Waals surface area contributed by atoms with Crippen molar-refractivity contribution in [3.8, 4) is 17.0 Å². The van der Waals surface area contributed by atoms with Gasteiger partial charge in [0.05, 0.1) is 7.11 Å². The second kappa shape index (κ2) is 4.76. The molecule has 0 unspecified atom stereocenters. The Balaban J connectivity index is 2.32. The second-order valence-corrected chi connectivity index (χ2v) is 5.53. The van der Waals surface area contributed by atoms with Crippen LogP contribution in [0.25, 0.3) is 16.2 Å². The summed E-state index contributed by atoms with van der Waals surface area (Å²) in [7, 11) is 1.63. The summed E-state index contributed by atoms with van der Waals surface area (Å²) in [5, 5.41) is 1.91. The quantitative estimate of drug-likeness (QED) is 0.692. The van der Waals surface area contributed by atoms with Crippen molar-refractivity contribution in [2.75, 3.05) is 7.11 Å². The number of benzene rings is 1. The molecule has 1 aromatic carbocycles. The summed E-state index contributed by atoms with van der Waals surface area (Å²) >= 11 is 1.51. The van der Waals surface area contributed by atoms with Gasteiger partial charge < -0.3 is 4.74 Å². The molecular weight excluding hydrogens is 272 g/mol. The van der Waals surface area contributed by atoms with Gasteiger partial charge in [-0.1, -0.05) is 0 Å². The fourth-order valence-corrected chi connectivity index (χ4v) is 2.98. The highest BCUT2D eigenvalue weighted by molar-refractivity contribution is 7.15. The van der Waals surface area contributed by atoms with E-state index in [1.165, 1.54) is 11.3 Å². The number of rotatable bonds is 3. The van der Waals surface area contributed by atoms with Crippen LogP contribution in [0.15, 0.2) is 23.7 Å². The minimum Gasteiger partial charge on any atom is -0.496 e. The van der Waals surface area contributed by atoms with Gasteiger partial charge in [-0.25, -0.2) is 4.98 Å². The zero-order valence-corrected chi connectivity index (χ0v) is 12.3. The van der Waals surface area contributed by atoms with Crippen LogP contribution in [0.1, 0.15) is 21.6 Å². The molecule has 20 heavy (non-hydrogen) atoms. The third-order valence-corrected chi connectivity index (χ3v) is 4.24. The molecule has 0 amide bonds. The summed E-state index contributed by atoms with van der Waals surface area (Å²) in [4.78, 5) is 16.8. The first kappa shape index (κ1) is 12.9. The molecule has 0 saturated carbocycles. The summed E-state index contributed by atoms with van der Waals surface area (Å²) < 4.78 is 7.25. The van der Waals surface area contributed by atoms with E-state index in [0.717, 1.165) is 33.7 Å². The highest BCUT2D eigenvalue weighted by atomic mass is 32.1. The normalized spacial score (nSPS) is 10.9. The van der Waals surface area contributed by atoms with Crippen molar-refractivity contribution in [1.82, 2.24) is 9.38 Å². The molecule has 0 aliphatic rings.